The van der Waals surface area contributed by atoms with Crippen LogP contribution in [0.1, 0.15) is 21.7 Å². The zero-order valence-electron chi connectivity index (χ0n) is 15.6. The molecule has 0 saturated carbocycles. The van der Waals surface area contributed by atoms with Gasteiger partial charge in [-0.2, -0.15) is 5.10 Å². The van der Waals surface area contributed by atoms with Crippen LogP contribution in [0.3, 0.4) is 0 Å². The molecule has 2 aromatic heterocycles. The van der Waals surface area contributed by atoms with Gasteiger partial charge in [0.05, 0.1) is 23.4 Å². The molecular formula is C20H22ClN3O3. The van der Waals surface area contributed by atoms with Crippen LogP contribution in [0.4, 0.5) is 0 Å². The number of aryl methyl sites for hydroxylation is 2. The molecule has 1 amide bonds. The summed E-state index contributed by atoms with van der Waals surface area (Å²) in [7, 11) is 3.46. The van der Waals surface area contributed by atoms with Crippen LogP contribution in [-0.4, -0.2) is 40.8 Å². The van der Waals surface area contributed by atoms with Crippen molar-refractivity contribution >= 4 is 17.5 Å². The van der Waals surface area contributed by atoms with E-state index in [4.69, 9.17) is 20.8 Å². The minimum Gasteiger partial charge on any atom is -0.460 e. The first kappa shape index (κ1) is 19.2. The minimum atomic E-state index is -0.115. The van der Waals surface area contributed by atoms with Crippen LogP contribution in [0, 0.1) is 6.92 Å². The molecule has 0 bridgehead atoms. The lowest BCUT2D eigenvalue weighted by atomic mass is 10.1. The maximum atomic E-state index is 13.2. The van der Waals surface area contributed by atoms with Gasteiger partial charge in [0, 0.05) is 44.6 Å². The summed E-state index contributed by atoms with van der Waals surface area (Å²) in [6.07, 6.45) is 3.65. The average molecular weight is 388 g/mol. The largest absolute Gasteiger partial charge is 0.460 e. The number of furan rings is 1. The van der Waals surface area contributed by atoms with Gasteiger partial charge in [-0.3, -0.25) is 9.48 Å². The topological polar surface area (TPSA) is 60.5 Å². The lowest BCUT2D eigenvalue weighted by Gasteiger charge is -2.21. The van der Waals surface area contributed by atoms with E-state index >= 15 is 0 Å². The number of hydrogen-bond donors (Lipinski definition) is 0. The second kappa shape index (κ2) is 8.41. The number of aromatic nitrogens is 2. The highest BCUT2D eigenvalue weighted by atomic mass is 35.5. The molecule has 0 aliphatic rings. The first-order valence-corrected chi connectivity index (χ1v) is 8.98. The second-order valence-electron chi connectivity index (χ2n) is 6.30. The number of benzene rings is 1. The highest BCUT2D eigenvalue weighted by Crippen LogP contribution is 2.31. The van der Waals surface area contributed by atoms with Crippen molar-refractivity contribution in [1.29, 1.82) is 0 Å². The monoisotopic (exact) mass is 387 g/mol. The van der Waals surface area contributed by atoms with Gasteiger partial charge in [0.25, 0.3) is 5.91 Å². The number of carbonyl (C=O) groups is 1. The van der Waals surface area contributed by atoms with Crippen LogP contribution in [0.2, 0.25) is 5.02 Å². The molecule has 0 atom stereocenters. The van der Waals surface area contributed by atoms with E-state index in [1.54, 1.807) is 41.9 Å². The smallest absolute Gasteiger partial charge is 0.257 e. The first-order chi connectivity index (χ1) is 13.0. The van der Waals surface area contributed by atoms with Gasteiger partial charge >= 0.3 is 0 Å². The fourth-order valence-electron chi connectivity index (χ4n) is 2.89. The van der Waals surface area contributed by atoms with Crippen molar-refractivity contribution in [3.8, 4) is 11.3 Å². The molecule has 6 nitrogen and oxygen atoms in total. The van der Waals surface area contributed by atoms with E-state index < -0.39 is 0 Å². The molecule has 0 fully saturated rings. The van der Waals surface area contributed by atoms with Gasteiger partial charge in [-0.1, -0.05) is 23.7 Å². The third-order valence-electron chi connectivity index (χ3n) is 4.27. The molecule has 7 heteroatoms. The van der Waals surface area contributed by atoms with Gasteiger partial charge in [0.15, 0.2) is 0 Å². The highest BCUT2D eigenvalue weighted by molar-refractivity contribution is 6.33. The number of ether oxygens (including phenoxy) is 1. The van der Waals surface area contributed by atoms with E-state index in [1.807, 2.05) is 31.4 Å². The van der Waals surface area contributed by atoms with Crippen molar-refractivity contribution in [3.05, 3.63) is 64.6 Å². The SMILES string of the molecule is COCCN(Cc1cnn(C)c1)C(=O)c1cc(-c2ccccc2Cl)oc1C. The van der Waals surface area contributed by atoms with Crippen LogP contribution in [-0.2, 0) is 18.3 Å². The lowest BCUT2D eigenvalue weighted by molar-refractivity contribution is 0.0678. The van der Waals surface area contributed by atoms with Gasteiger partial charge in [-0.05, 0) is 25.1 Å². The second-order valence-corrected chi connectivity index (χ2v) is 6.71. The summed E-state index contributed by atoms with van der Waals surface area (Å²) in [6, 6.07) is 9.15. The molecule has 0 saturated heterocycles. The van der Waals surface area contributed by atoms with E-state index in [0.29, 0.717) is 41.8 Å². The van der Waals surface area contributed by atoms with Crippen LogP contribution in [0.5, 0.6) is 0 Å². The average Bonchev–Trinajstić information content (AvgIpc) is 3.24. The number of methoxy groups -OCH3 is 1. The van der Waals surface area contributed by atoms with Crippen LogP contribution in [0.15, 0.2) is 47.1 Å². The molecule has 0 aliphatic heterocycles. The number of hydrogen-bond acceptors (Lipinski definition) is 4. The number of amides is 1. The Kier molecular flexibility index (Phi) is 5.98. The van der Waals surface area contributed by atoms with Gasteiger partial charge in [-0.15, -0.1) is 0 Å². The molecule has 3 rings (SSSR count). The summed E-state index contributed by atoms with van der Waals surface area (Å²) in [5.41, 5.74) is 2.23. The predicted molar refractivity (Wildman–Crippen MR) is 104 cm³/mol. The van der Waals surface area contributed by atoms with Crippen molar-refractivity contribution in [2.45, 2.75) is 13.5 Å². The molecule has 0 unspecified atom stereocenters. The van der Waals surface area contributed by atoms with Crippen molar-refractivity contribution in [2.75, 3.05) is 20.3 Å². The standard InChI is InChI=1S/C20H22ClN3O3/c1-14-17(10-19(27-14)16-6-4-5-7-18(16)21)20(25)24(8-9-26-3)13-15-11-22-23(2)12-15/h4-7,10-12H,8-9,13H2,1-3H3. The Morgan fingerprint density at radius 1 is 1.37 bits per heavy atom. The lowest BCUT2D eigenvalue weighted by Crippen LogP contribution is -2.33. The van der Waals surface area contributed by atoms with Crippen molar-refractivity contribution in [2.24, 2.45) is 7.05 Å². The maximum Gasteiger partial charge on any atom is 0.257 e. The Bertz CT molecular complexity index is 932. The zero-order chi connectivity index (χ0) is 19.4. The van der Waals surface area contributed by atoms with Gasteiger partial charge < -0.3 is 14.1 Å². The first-order valence-electron chi connectivity index (χ1n) is 8.60. The molecule has 1 aromatic carbocycles. The molecule has 142 valence electrons. The van der Waals surface area contributed by atoms with Crippen LogP contribution in [0.25, 0.3) is 11.3 Å². The summed E-state index contributed by atoms with van der Waals surface area (Å²) in [5, 5.41) is 4.75. The Morgan fingerprint density at radius 3 is 2.81 bits per heavy atom. The fraction of sp³-hybridized carbons (Fsp3) is 0.300. The number of halogens is 1. The number of rotatable bonds is 7. The summed E-state index contributed by atoms with van der Waals surface area (Å²) < 4.78 is 12.7. The Labute approximate surface area is 163 Å². The quantitative estimate of drug-likeness (QED) is 0.616. The molecule has 0 spiro atoms. The summed E-state index contributed by atoms with van der Waals surface area (Å²) in [6.45, 7) is 3.14. The van der Waals surface area contributed by atoms with Crippen molar-refractivity contribution < 1.29 is 13.9 Å². The fourth-order valence-corrected chi connectivity index (χ4v) is 3.12. The third-order valence-corrected chi connectivity index (χ3v) is 4.60. The Morgan fingerprint density at radius 2 is 2.15 bits per heavy atom. The van der Waals surface area contributed by atoms with Crippen LogP contribution >= 0.6 is 11.6 Å². The zero-order valence-corrected chi connectivity index (χ0v) is 16.4. The van der Waals surface area contributed by atoms with E-state index in [1.165, 1.54) is 0 Å². The van der Waals surface area contributed by atoms with Gasteiger partial charge in [0.2, 0.25) is 0 Å². The Hall–Kier alpha value is -2.57. The molecule has 0 aliphatic carbocycles. The maximum absolute atomic E-state index is 13.2. The number of nitrogens with zero attached hydrogens (tertiary/aromatic N) is 3. The molecular weight excluding hydrogens is 366 g/mol. The van der Waals surface area contributed by atoms with E-state index in [9.17, 15) is 4.79 Å². The van der Waals surface area contributed by atoms with E-state index in [-0.39, 0.29) is 5.91 Å². The van der Waals surface area contributed by atoms with Crippen LogP contribution < -0.4 is 0 Å². The predicted octanol–water partition coefficient (Wildman–Crippen LogP) is 3.93. The molecule has 27 heavy (non-hydrogen) atoms. The van der Waals surface area contributed by atoms with Crippen molar-refractivity contribution in [3.63, 3.8) is 0 Å². The minimum absolute atomic E-state index is 0.115. The molecule has 0 N–H and O–H groups in total. The number of carbonyl (C=O) groups excluding carboxylic acids is 1. The summed E-state index contributed by atoms with van der Waals surface area (Å²) in [4.78, 5) is 14.9. The van der Waals surface area contributed by atoms with E-state index in [2.05, 4.69) is 5.10 Å². The van der Waals surface area contributed by atoms with Crippen molar-refractivity contribution in [1.82, 2.24) is 14.7 Å². The summed E-state index contributed by atoms with van der Waals surface area (Å²) in [5.74, 6) is 1.02. The van der Waals surface area contributed by atoms with E-state index in [0.717, 1.165) is 11.1 Å². The molecule has 0 radical (unpaired) electrons. The molecule has 3 aromatic rings. The summed E-state index contributed by atoms with van der Waals surface area (Å²) >= 11 is 6.26. The molecule has 2 heterocycles. The highest BCUT2D eigenvalue weighted by Gasteiger charge is 2.23. The third kappa shape index (κ3) is 4.40. The normalized spacial score (nSPS) is 11.0. The van der Waals surface area contributed by atoms with Gasteiger partial charge in [-0.25, -0.2) is 0 Å². The van der Waals surface area contributed by atoms with Gasteiger partial charge in [0.1, 0.15) is 11.5 Å². The Balaban J connectivity index is 1.88.